The second-order valence-corrected chi connectivity index (χ2v) is 12.6. The maximum absolute atomic E-state index is 13.5. The highest BCUT2D eigenvalue weighted by Crippen LogP contribution is 2.57. The predicted octanol–water partition coefficient (Wildman–Crippen LogP) is 5.43. The Morgan fingerprint density at radius 1 is 1.13 bits per heavy atom. The second kappa shape index (κ2) is 14.0. The lowest BCUT2D eigenvalue weighted by Gasteiger charge is -2.30. The number of nitrogens with one attached hydrogen (secondary N) is 1. The van der Waals surface area contributed by atoms with E-state index in [4.69, 9.17) is 21.4 Å². The first-order valence-corrected chi connectivity index (χ1v) is 16.2. The number of carbonyl (C=O) groups excluding carboxylic acids is 2. The minimum absolute atomic E-state index is 0.0763. The molecular formula is C36H37ClN4O6. The van der Waals surface area contributed by atoms with Crippen molar-refractivity contribution in [2.24, 2.45) is 5.92 Å². The summed E-state index contributed by atoms with van der Waals surface area (Å²) in [6.07, 6.45) is 5.75. The molecule has 47 heavy (non-hydrogen) atoms. The van der Waals surface area contributed by atoms with Crippen molar-refractivity contribution in [1.82, 2.24) is 15.1 Å². The third kappa shape index (κ3) is 7.18. The highest BCUT2D eigenvalue weighted by molar-refractivity contribution is 6.31. The van der Waals surface area contributed by atoms with Gasteiger partial charge in [-0.2, -0.15) is 5.10 Å². The molecule has 4 aromatic rings. The van der Waals surface area contributed by atoms with Crippen molar-refractivity contribution in [2.45, 2.75) is 51.1 Å². The molecule has 1 unspecified atom stereocenters. The number of aromatic nitrogens is 2. The molecule has 3 N–H and O–H groups in total. The van der Waals surface area contributed by atoms with Gasteiger partial charge in [-0.25, -0.2) is 4.79 Å². The summed E-state index contributed by atoms with van der Waals surface area (Å²) in [4.78, 5) is 39.5. The number of halogens is 1. The Morgan fingerprint density at radius 3 is 2.74 bits per heavy atom. The quantitative estimate of drug-likeness (QED) is 0.163. The van der Waals surface area contributed by atoms with Crippen molar-refractivity contribution >= 4 is 35.1 Å². The van der Waals surface area contributed by atoms with Crippen LogP contribution >= 0.6 is 11.6 Å². The standard InChI is InChI=1S/C36H37ClN4O6/c1-22-29(37)9-4-11-32(22)47-15-5-12-33(43)41-21-25-17-28(25)34-27(8-3-10-31(34)41)26-18-38-40(20-26)19-23-6-2-7-24(16-23)35(44)39-30(13-14-42)36(45)46/h2-4,6-11,16,18,20,25,28,30,42H,5,12-15,17,19,21H2,1H3,(H,39,44)(H,45,46)/t25-,28-,30?/m0/s1. The zero-order chi connectivity index (χ0) is 33.1. The zero-order valence-electron chi connectivity index (χ0n) is 26.1. The summed E-state index contributed by atoms with van der Waals surface area (Å²) in [5, 5.41) is 26.1. The van der Waals surface area contributed by atoms with Gasteiger partial charge in [0, 0.05) is 59.6 Å². The second-order valence-electron chi connectivity index (χ2n) is 12.2. The molecule has 1 fully saturated rings. The van der Waals surface area contributed by atoms with Crippen LogP contribution in [-0.4, -0.2) is 63.6 Å². The number of rotatable bonds is 13. The number of aliphatic hydroxyl groups excluding tert-OH is 1. The van der Waals surface area contributed by atoms with Gasteiger partial charge in [0.05, 0.1) is 19.3 Å². The molecule has 0 saturated heterocycles. The molecule has 11 heteroatoms. The Balaban J connectivity index is 1.13. The van der Waals surface area contributed by atoms with Crippen LogP contribution in [0.25, 0.3) is 11.1 Å². The van der Waals surface area contributed by atoms with Gasteiger partial charge in [-0.05, 0) is 78.6 Å². The van der Waals surface area contributed by atoms with Gasteiger partial charge in [-0.15, -0.1) is 0 Å². The van der Waals surface area contributed by atoms with E-state index in [1.165, 1.54) is 5.56 Å². The third-order valence-corrected chi connectivity index (χ3v) is 9.30. The molecule has 2 aliphatic rings. The first-order chi connectivity index (χ1) is 22.7. The summed E-state index contributed by atoms with van der Waals surface area (Å²) in [5.41, 5.74) is 6.21. The molecule has 2 heterocycles. The predicted molar refractivity (Wildman–Crippen MR) is 178 cm³/mol. The number of nitrogens with zero attached hydrogens (tertiary/aromatic N) is 3. The number of aliphatic carboxylic acids is 1. The van der Waals surface area contributed by atoms with Crippen LogP contribution in [0.2, 0.25) is 5.02 Å². The van der Waals surface area contributed by atoms with Gasteiger partial charge in [0.15, 0.2) is 0 Å². The van der Waals surface area contributed by atoms with E-state index in [1.807, 2.05) is 60.6 Å². The molecule has 1 aliphatic heterocycles. The molecule has 1 aliphatic carbocycles. The van der Waals surface area contributed by atoms with Crippen LogP contribution in [-0.2, 0) is 16.1 Å². The number of benzene rings is 3. The molecule has 10 nitrogen and oxygen atoms in total. The summed E-state index contributed by atoms with van der Waals surface area (Å²) < 4.78 is 7.71. The van der Waals surface area contributed by atoms with Crippen molar-refractivity contribution in [1.29, 1.82) is 0 Å². The van der Waals surface area contributed by atoms with E-state index in [0.717, 1.165) is 46.7 Å². The van der Waals surface area contributed by atoms with Crippen LogP contribution in [0.3, 0.4) is 0 Å². The molecule has 3 atom stereocenters. The fraction of sp³-hybridized carbons (Fsp3) is 0.333. The Labute approximate surface area is 277 Å². The zero-order valence-corrected chi connectivity index (χ0v) is 26.8. The molecule has 244 valence electrons. The SMILES string of the molecule is Cc1c(Cl)cccc1OCCCC(=O)N1C[C@@H]2C[C@@H]2c2c(-c3cnn(Cc4cccc(C(=O)NC(CCO)C(=O)O)c4)c3)cccc21. The minimum atomic E-state index is -1.20. The molecule has 3 aromatic carbocycles. The minimum Gasteiger partial charge on any atom is -0.493 e. The van der Waals surface area contributed by atoms with E-state index in [-0.39, 0.29) is 18.9 Å². The number of hydrogen-bond acceptors (Lipinski definition) is 6. The van der Waals surface area contributed by atoms with Crippen molar-refractivity contribution in [2.75, 3.05) is 24.7 Å². The van der Waals surface area contributed by atoms with E-state index in [0.29, 0.717) is 48.4 Å². The van der Waals surface area contributed by atoms with Gasteiger partial charge in [0.2, 0.25) is 5.91 Å². The molecule has 1 saturated carbocycles. The van der Waals surface area contributed by atoms with Crippen molar-refractivity contribution < 1.29 is 29.3 Å². The molecule has 0 bridgehead atoms. The smallest absolute Gasteiger partial charge is 0.326 e. The van der Waals surface area contributed by atoms with Gasteiger partial charge >= 0.3 is 5.97 Å². The molecular weight excluding hydrogens is 620 g/mol. The van der Waals surface area contributed by atoms with Crippen LogP contribution in [0.1, 0.15) is 58.6 Å². The normalized spacial score (nSPS) is 17.0. The lowest BCUT2D eigenvalue weighted by Crippen LogP contribution is -2.41. The van der Waals surface area contributed by atoms with Crippen LogP contribution in [0.5, 0.6) is 5.75 Å². The van der Waals surface area contributed by atoms with Crippen LogP contribution in [0.15, 0.2) is 73.1 Å². The topological polar surface area (TPSA) is 134 Å². The number of carboxylic acids is 1. The summed E-state index contributed by atoms with van der Waals surface area (Å²) in [5.74, 6) is -0.0354. The molecule has 1 aromatic heterocycles. The molecule has 6 rings (SSSR count). The summed E-state index contributed by atoms with van der Waals surface area (Å²) >= 11 is 6.20. The molecule has 0 radical (unpaired) electrons. The van der Waals surface area contributed by atoms with E-state index >= 15 is 0 Å². The van der Waals surface area contributed by atoms with Crippen LogP contribution in [0, 0.1) is 12.8 Å². The average molecular weight is 657 g/mol. The van der Waals surface area contributed by atoms with Gasteiger partial charge in [0.1, 0.15) is 11.8 Å². The van der Waals surface area contributed by atoms with Gasteiger partial charge < -0.3 is 25.2 Å². The van der Waals surface area contributed by atoms with E-state index < -0.39 is 17.9 Å². The van der Waals surface area contributed by atoms with Crippen molar-refractivity contribution in [3.05, 3.63) is 100 Å². The van der Waals surface area contributed by atoms with E-state index in [1.54, 1.807) is 22.9 Å². The summed E-state index contributed by atoms with van der Waals surface area (Å²) in [7, 11) is 0. The number of anilines is 1. The number of ether oxygens (including phenoxy) is 1. The lowest BCUT2D eigenvalue weighted by atomic mass is 9.92. The number of hydrogen-bond donors (Lipinski definition) is 3. The Morgan fingerprint density at radius 2 is 1.94 bits per heavy atom. The first kappa shape index (κ1) is 32.3. The van der Waals surface area contributed by atoms with Crippen LogP contribution < -0.4 is 15.0 Å². The number of amides is 2. The maximum Gasteiger partial charge on any atom is 0.326 e. The van der Waals surface area contributed by atoms with Gasteiger partial charge in [-0.1, -0.05) is 41.9 Å². The first-order valence-electron chi connectivity index (χ1n) is 15.8. The van der Waals surface area contributed by atoms with Crippen molar-refractivity contribution in [3.8, 4) is 16.9 Å². The number of aliphatic hydroxyl groups is 1. The highest BCUT2D eigenvalue weighted by Gasteiger charge is 2.47. The van der Waals surface area contributed by atoms with Crippen LogP contribution in [0.4, 0.5) is 5.69 Å². The fourth-order valence-corrected chi connectivity index (χ4v) is 6.47. The van der Waals surface area contributed by atoms with Crippen molar-refractivity contribution in [3.63, 3.8) is 0 Å². The maximum atomic E-state index is 13.5. The van der Waals surface area contributed by atoms with E-state index in [2.05, 4.69) is 16.5 Å². The highest BCUT2D eigenvalue weighted by atomic mass is 35.5. The van der Waals surface area contributed by atoms with E-state index in [9.17, 15) is 19.5 Å². The average Bonchev–Trinajstić information content (AvgIpc) is 3.72. The monoisotopic (exact) mass is 656 g/mol. The number of carbonyl (C=O) groups is 3. The largest absolute Gasteiger partial charge is 0.493 e. The van der Waals surface area contributed by atoms with Gasteiger partial charge in [0.25, 0.3) is 5.91 Å². The Kier molecular flexibility index (Phi) is 9.60. The molecule has 0 spiro atoms. The number of carboxylic acid groups (broad SMARTS) is 1. The third-order valence-electron chi connectivity index (χ3n) is 8.90. The molecule has 2 amide bonds. The lowest BCUT2D eigenvalue weighted by molar-refractivity contribution is -0.139. The fourth-order valence-electron chi connectivity index (χ4n) is 6.30. The summed E-state index contributed by atoms with van der Waals surface area (Å²) in [6, 6.07) is 17.5. The Hall–Kier alpha value is -4.67. The Bertz CT molecular complexity index is 1810. The summed E-state index contributed by atoms with van der Waals surface area (Å²) in [6.45, 7) is 3.13. The number of fused-ring (bicyclic) bond motifs is 3. The van der Waals surface area contributed by atoms with Gasteiger partial charge in [-0.3, -0.25) is 14.3 Å².